The highest BCUT2D eigenvalue weighted by Crippen LogP contribution is 2.19. The van der Waals surface area contributed by atoms with Gasteiger partial charge in [0.15, 0.2) is 5.96 Å². The van der Waals surface area contributed by atoms with Crippen LogP contribution in [0.25, 0.3) is 0 Å². The molecule has 0 aromatic heterocycles. The molecular formula is C22H38N4O3. The van der Waals surface area contributed by atoms with E-state index in [4.69, 9.17) is 14.2 Å². The Balaban J connectivity index is 1.67. The van der Waals surface area contributed by atoms with Gasteiger partial charge in [-0.25, -0.2) is 0 Å². The number of nitrogens with one attached hydrogen (secondary N) is 2. The Hall–Kier alpha value is -1.99. The predicted octanol–water partition coefficient (Wildman–Crippen LogP) is 2.52. The highest BCUT2D eigenvalue weighted by Gasteiger charge is 2.20. The Morgan fingerprint density at radius 1 is 1.21 bits per heavy atom. The molecule has 2 N–H and O–H groups in total. The van der Waals surface area contributed by atoms with E-state index in [0.29, 0.717) is 18.7 Å². The van der Waals surface area contributed by atoms with E-state index in [1.54, 1.807) is 14.2 Å². The second kappa shape index (κ2) is 12.5. The van der Waals surface area contributed by atoms with E-state index in [1.807, 2.05) is 31.2 Å². The molecule has 0 aliphatic carbocycles. The number of nitrogens with zero attached hydrogens (tertiary/aromatic N) is 2. The molecule has 1 heterocycles. The summed E-state index contributed by atoms with van der Waals surface area (Å²) in [5.74, 6) is 2.42. The van der Waals surface area contributed by atoms with Crippen molar-refractivity contribution in [3.8, 4) is 11.5 Å². The van der Waals surface area contributed by atoms with Gasteiger partial charge in [0.1, 0.15) is 17.6 Å². The van der Waals surface area contributed by atoms with Gasteiger partial charge >= 0.3 is 0 Å². The van der Waals surface area contributed by atoms with E-state index < -0.39 is 0 Å². The topological polar surface area (TPSA) is 67.4 Å². The summed E-state index contributed by atoms with van der Waals surface area (Å²) in [6.07, 6.45) is 2.53. The van der Waals surface area contributed by atoms with Crippen molar-refractivity contribution in [2.75, 3.05) is 46.9 Å². The number of likely N-dealkylation sites (tertiary alicyclic amines) is 1. The van der Waals surface area contributed by atoms with Crippen molar-refractivity contribution >= 4 is 5.96 Å². The molecular weight excluding hydrogens is 368 g/mol. The molecule has 1 aliphatic heterocycles. The van der Waals surface area contributed by atoms with Gasteiger partial charge in [-0.15, -0.1) is 0 Å². The molecule has 0 spiro atoms. The first-order chi connectivity index (χ1) is 14.0. The van der Waals surface area contributed by atoms with Crippen LogP contribution in [0.4, 0.5) is 0 Å². The van der Waals surface area contributed by atoms with Crippen molar-refractivity contribution < 1.29 is 14.2 Å². The minimum Gasteiger partial charge on any atom is -0.497 e. The molecule has 1 aromatic rings. The summed E-state index contributed by atoms with van der Waals surface area (Å²) in [5, 5.41) is 6.92. The Labute approximate surface area is 175 Å². The molecule has 1 fully saturated rings. The van der Waals surface area contributed by atoms with Gasteiger partial charge in [0, 0.05) is 38.8 Å². The van der Waals surface area contributed by atoms with Crippen molar-refractivity contribution in [1.29, 1.82) is 0 Å². The summed E-state index contributed by atoms with van der Waals surface area (Å²) >= 11 is 0. The van der Waals surface area contributed by atoms with Gasteiger partial charge in [0.2, 0.25) is 0 Å². The quantitative estimate of drug-likeness (QED) is 0.460. The first-order valence-electron chi connectivity index (χ1n) is 10.6. The lowest BCUT2D eigenvalue weighted by molar-refractivity contribution is 0.0532. The second-order valence-electron chi connectivity index (χ2n) is 7.74. The molecule has 1 aliphatic rings. The third kappa shape index (κ3) is 8.92. The number of ether oxygens (including phenoxy) is 3. The third-order valence-electron chi connectivity index (χ3n) is 4.95. The van der Waals surface area contributed by atoms with Crippen molar-refractivity contribution in [2.24, 2.45) is 4.99 Å². The predicted molar refractivity (Wildman–Crippen MR) is 118 cm³/mol. The minimum absolute atomic E-state index is 0.00320. The highest BCUT2D eigenvalue weighted by atomic mass is 16.5. The van der Waals surface area contributed by atoms with E-state index in [2.05, 4.69) is 34.4 Å². The first-order valence-corrected chi connectivity index (χ1v) is 10.6. The molecule has 0 bridgehead atoms. The van der Waals surface area contributed by atoms with Crippen molar-refractivity contribution in [3.05, 3.63) is 24.3 Å². The summed E-state index contributed by atoms with van der Waals surface area (Å²) in [6, 6.07) is 8.11. The second-order valence-corrected chi connectivity index (χ2v) is 7.74. The van der Waals surface area contributed by atoms with Crippen LogP contribution in [0.5, 0.6) is 11.5 Å². The number of piperidine rings is 1. The maximum Gasteiger partial charge on any atom is 0.191 e. The van der Waals surface area contributed by atoms with Gasteiger partial charge in [0.25, 0.3) is 0 Å². The monoisotopic (exact) mass is 406 g/mol. The molecule has 2 rings (SSSR count). The van der Waals surface area contributed by atoms with Gasteiger partial charge < -0.3 is 29.7 Å². The number of hydrogen-bond acceptors (Lipinski definition) is 5. The Morgan fingerprint density at radius 2 is 1.93 bits per heavy atom. The normalized spacial score (nSPS) is 17.2. The zero-order valence-corrected chi connectivity index (χ0v) is 18.6. The van der Waals surface area contributed by atoms with Gasteiger partial charge in [-0.2, -0.15) is 0 Å². The Kier molecular flexibility index (Phi) is 10.1. The largest absolute Gasteiger partial charge is 0.497 e. The SMILES string of the molecule is CN=C(NCC(C)Oc1cccc(OC)c1)NC1CCN(CCOC(C)C)CC1. The standard InChI is InChI=1S/C22H38N4O3/c1-17(2)28-14-13-26-11-9-19(10-12-26)25-22(23-4)24-16-18(3)29-21-8-6-7-20(15-21)27-5/h6-8,15,17-19H,9-14,16H2,1-5H3,(H2,23,24,25). The summed E-state index contributed by atoms with van der Waals surface area (Å²) < 4.78 is 16.9. The number of methoxy groups -OCH3 is 1. The van der Waals surface area contributed by atoms with E-state index in [9.17, 15) is 0 Å². The summed E-state index contributed by atoms with van der Waals surface area (Å²) in [7, 11) is 3.46. The lowest BCUT2D eigenvalue weighted by Gasteiger charge is -2.33. The van der Waals surface area contributed by atoms with Crippen molar-refractivity contribution in [3.63, 3.8) is 0 Å². The van der Waals surface area contributed by atoms with Gasteiger partial charge in [-0.3, -0.25) is 4.99 Å². The smallest absolute Gasteiger partial charge is 0.191 e. The molecule has 29 heavy (non-hydrogen) atoms. The zero-order valence-electron chi connectivity index (χ0n) is 18.6. The molecule has 1 unspecified atom stereocenters. The van der Waals surface area contributed by atoms with Gasteiger partial charge in [-0.1, -0.05) is 6.07 Å². The molecule has 164 valence electrons. The van der Waals surface area contributed by atoms with Crippen LogP contribution in [0, 0.1) is 0 Å². The number of rotatable bonds is 10. The van der Waals surface area contributed by atoms with E-state index in [-0.39, 0.29) is 6.10 Å². The Bertz CT molecular complexity index is 616. The number of aliphatic imine (C=N–C) groups is 1. The number of guanidine groups is 1. The molecule has 1 saturated heterocycles. The maximum atomic E-state index is 5.97. The summed E-state index contributed by atoms with van der Waals surface area (Å²) in [5.41, 5.74) is 0. The lowest BCUT2D eigenvalue weighted by Crippen LogP contribution is -2.50. The van der Waals surface area contributed by atoms with Crippen LogP contribution >= 0.6 is 0 Å². The van der Waals surface area contributed by atoms with Gasteiger partial charge in [0.05, 0.1) is 26.4 Å². The highest BCUT2D eigenvalue weighted by molar-refractivity contribution is 5.80. The number of benzene rings is 1. The van der Waals surface area contributed by atoms with Crippen LogP contribution in [0.1, 0.15) is 33.6 Å². The fraction of sp³-hybridized carbons (Fsp3) is 0.682. The fourth-order valence-corrected chi connectivity index (χ4v) is 3.30. The first kappa shape index (κ1) is 23.3. The van der Waals surface area contributed by atoms with Crippen LogP contribution in [-0.4, -0.2) is 76.1 Å². The van der Waals surface area contributed by atoms with E-state index in [1.165, 1.54) is 0 Å². The molecule has 7 nitrogen and oxygen atoms in total. The summed E-state index contributed by atoms with van der Waals surface area (Å²) in [6.45, 7) is 10.9. The van der Waals surface area contributed by atoms with E-state index >= 15 is 0 Å². The zero-order chi connectivity index (χ0) is 21.1. The van der Waals surface area contributed by atoms with E-state index in [0.717, 1.165) is 56.5 Å². The van der Waals surface area contributed by atoms with Crippen molar-refractivity contribution in [1.82, 2.24) is 15.5 Å². The molecule has 0 amide bonds. The average molecular weight is 407 g/mol. The number of hydrogen-bond donors (Lipinski definition) is 2. The van der Waals surface area contributed by atoms with Crippen molar-refractivity contribution in [2.45, 2.75) is 51.9 Å². The molecule has 7 heteroatoms. The average Bonchev–Trinajstić information content (AvgIpc) is 2.72. The third-order valence-corrected chi connectivity index (χ3v) is 4.95. The molecule has 0 radical (unpaired) electrons. The van der Waals surface area contributed by atoms with Gasteiger partial charge in [-0.05, 0) is 45.7 Å². The van der Waals surface area contributed by atoms with Crippen LogP contribution in [0.15, 0.2) is 29.3 Å². The molecule has 1 aromatic carbocycles. The fourth-order valence-electron chi connectivity index (χ4n) is 3.30. The summed E-state index contributed by atoms with van der Waals surface area (Å²) in [4.78, 5) is 6.83. The molecule has 1 atom stereocenters. The lowest BCUT2D eigenvalue weighted by atomic mass is 10.1. The Morgan fingerprint density at radius 3 is 2.59 bits per heavy atom. The maximum absolute atomic E-state index is 5.97. The van der Waals surface area contributed by atoms with Crippen LogP contribution in [0.2, 0.25) is 0 Å². The minimum atomic E-state index is 0.00320. The van der Waals surface area contributed by atoms with Crippen LogP contribution in [0.3, 0.4) is 0 Å². The molecule has 0 saturated carbocycles. The van der Waals surface area contributed by atoms with Crippen LogP contribution < -0.4 is 20.1 Å². The van der Waals surface area contributed by atoms with Crippen LogP contribution in [-0.2, 0) is 4.74 Å².